The minimum atomic E-state index is -3.60. The molecular formula is C17H19N3O5S2. The van der Waals surface area contributed by atoms with Crippen LogP contribution in [-0.2, 0) is 14.8 Å². The van der Waals surface area contributed by atoms with Crippen molar-refractivity contribution in [2.24, 2.45) is 5.92 Å². The van der Waals surface area contributed by atoms with Crippen molar-refractivity contribution in [1.82, 2.24) is 4.31 Å². The summed E-state index contributed by atoms with van der Waals surface area (Å²) < 4.78 is 27.0. The zero-order chi connectivity index (χ0) is 19.6. The van der Waals surface area contributed by atoms with E-state index in [0.717, 1.165) is 11.3 Å². The number of hydrogen-bond donors (Lipinski definition) is 1. The Morgan fingerprint density at radius 3 is 2.78 bits per heavy atom. The molecule has 3 rings (SSSR count). The number of sulfonamides is 1. The van der Waals surface area contributed by atoms with E-state index in [1.54, 1.807) is 30.5 Å². The number of carbonyl (C=O) groups excluding carboxylic acids is 1. The summed E-state index contributed by atoms with van der Waals surface area (Å²) in [5.41, 5.74) is 0.667. The third kappa shape index (κ3) is 4.02. The van der Waals surface area contributed by atoms with Crippen LogP contribution in [0.3, 0.4) is 0 Å². The van der Waals surface area contributed by atoms with Crippen LogP contribution < -0.4 is 5.32 Å². The summed E-state index contributed by atoms with van der Waals surface area (Å²) >= 11 is 1.15. The van der Waals surface area contributed by atoms with Crippen LogP contribution in [0.4, 0.5) is 11.4 Å². The smallest absolute Gasteiger partial charge is 0.274 e. The molecule has 0 bridgehead atoms. The van der Waals surface area contributed by atoms with Gasteiger partial charge in [-0.25, -0.2) is 8.42 Å². The van der Waals surface area contributed by atoms with Crippen LogP contribution in [0.2, 0.25) is 0 Å². The van der Waals surface area contributed by atoms with Crippen LogP contribution in [0.25, 0.3) is 0 Å². The molecule has 0 radical (unpaired) electrons. The summed E-state index contributed by atoms with van der Waals surface area (Å²) in [5, 5.41) is 15.5. The van der Waals surface area contributed by atoms with E-state index in [9.17, 15) is 23.3 Å². The first-order valence-corrected chi connectivity index (χ1v) is 10.7. The van der Waals surface area contributed by atoms with E-state index < -0.39 is 20.9 Å². The van der Waals surface area contributed by atoms with E-state index in [1.807, 2.05) is 0 Å². The number of nitrogens with one attached hydrogen (secondary N) is 1. The number of nitro benzene ring substituents is 1. The molecule has 1 aromatic carbocycles. The normalized spacial score (nSPS) is 18.2. The molecule has 27 heavy (non-hydrogen) atoms. The Hall–Kier alpha value is -2.30. The van der Waals surface area contributed by atoms with E-state index in [1.165, 1.54) is 16.4 Å². The van der Waals surface area contributed by atoms with Gasteiger partial charge in [-0.3, -0.25) is 14.9 Å². The van der Waals surface area contributed by atoms with Crippen molar-refractivity contribution < 1.29 is 18.1 Å². The van der Waals surface area contributed by atoms with E-state index in [0.29, 0.717) is 30.6 Å². The lowest BCUT2D eigenvalue weighted by atomic mass is 9.98. The number of hydrogen-bond acceptors (Lipinski definition) is 6. The van der Waals surface area contributed by atoms with Crippen LogP contribution in [-0.4, -0.2) is 36.6 Å². The highest BCUT2D eigenvalue weighted by atomic mass is 32.2. The molecule has 1 aromatic heterocycles. The second kappa shape index (κ2) is 7.75. The summed E-state index contributed by atoms with van der Waals surface area (Å²) in [6, 6.07) is 7.71. The van der Waals surface area contributed by atoms with Gasteiger partial charge in [0.05, 0.1) is 22.1 Å². The first-order valence-electron chi connectivity index (χ1n) is 8.39. The molecule has 1 amide bonds. The van der Waals surface area contributed by atoms with Crippen molar-refractivity contribution in [3.05, 3.63) is 51.4 Å². The summed E-state index contributed by atoms with van der Waals surface area (Å²) in [4.78, 5) is 23.2. The van der Waals surface area contributed by atoms with E-state index >= 15 is 0 Å². The van der Waals surface area contributed by atoms with Gasteiger partial charge in [-0.05, 0) is 37.3 Å². The lowest BCUT2D eigenvalue weighted by Gasteiger charge is -2.30. The molecule has 1 N–H and O–H groups in total. The Morgan fingerprint density at radius 1 is 1.33 bits per heavy atom. The van der Waals surface area contributed by atoms with Gasteiger partial charge >= 0.3 is 0 Å². The predicted octanol–water partition coefficient (Wildman–Crippen LogP) is 3.00. The van der Waals surface area contributed by atoms with Crippen LogP contribution in [0.15, 0.2) is 39.9 Å². The molecule has 1 atom stereocenters. The first-order chi connectivity index (χ1) is 12.8. The number of benzene rings is 1. The average molecular weight is 409 g/mol. The number of anilines is 1. The molecule has 1 aliphatic heterocycles. The molecule has 2 heterocycles. The fourth-order valence-corrected chi connectivity index (χ4v) is 5.77. The molecule has 0 unspecified atom stereocenters. The fourth-order valence-electron chi connectivity index (χ4n) is 3.10. The van der Waals surface area contributed by atoms with Crippen LogP contribution >= 0.6 is 11.3 Å². The van der Waals surface area contributed by atoms with Crippen molar-refractivity contribution in [2.75, 3.05) is 18.4 Å². The zero-order valence-electron chi connectivity index (χ0n) is 14.6. The minimum Gasteiger partial charge on any atom is -0.325 e. The topological polar surface area (TPSA) is 110 Å². The van der Waals surface area contributed by atoms with E-state index in [-0.39, 0.29) is 22.3 Å². The Balaban J connectivity index is 1.75. The van der Waals surface area contributed by atoms with Gasteiger partial charge in [0, 0.05) is 19.2 Å². The molecule has 1 saturated heterocycles. The van der Waals surface area contributed by atoms with Crippen molar-refractivity contribution in [3.63, 3.8) is 0 Å². The van der Waals surface area contributed by atoms with Gasteiger partial charge < -0.3 is 5.32 Å². The van der Waals surface area contributed by atoms with Crippen LogP contribution in [0.1, 0.15) is 18.4 Å². The molecule has 1 aliphatic rings. The number of nitro groups is 1. The fraction of sp³-hybridized carbons (Fsp3) is 0.353. The third-order valence-electron chi connectivity index (χ3n) is 4.60. The van der Waals surface area contributed by atoms with E-state index in [2.05, 4.69) is 5.32 Å². The van der Waals surface area contributed by atoms with Crippen molar-refractivity contribution in [3.8, 4) is 0 Å². The SMILES string of the molecule is Cc1c(NC(=O)[C@@H]2CCCN(S(=O)(=O)c3cccs3)C2)cccc1[N+](=O)[O-]. The highest BCUT2D eigenvalue weighted by molar-refractivity contribution is 7.91. The van der Waals surface area contributed by atoms with Crippen molar-refractivity contribution in [2.45, 2.75) is 24.0 Å². The van der Waals surface area contributed by atoms with Crippen molar-refractivity contribution >= 4 is 38.6 Å². The Morgan fingerprint density at radius 2 is 2.11 bits per heavy atom. The molecule has 0 spiro atoms. The summed E-state index contributed by atoms with van der Waals surface area (Å²) in [6.07, 6.45) is 1.15. The lowest BCUT2D eigenvalue weighted by molar-refractivity contribution is -0.385. The predicted molar refractivity (Wildman–Crippen MR) is 102 cm³/mol. The van der Waals surface area contributed by atoms with Crippen molar-refractivity contribution in [1.29, 1.82) is 0 Å². The molecule has 10 heteroatoms. The Bertz CT molecular complexity index is 957. The number of amides is 1. The average Bonchev–Trinajstić information content (AvgIpc) is 3.19. The molecular weight excluding hydrogens is 390 g/mol. The molecule has 1 fully saturated rings. The largest absolute Gasteiger partial charge is 0.325 e. The molecule has 144 valence electrons. The van der Waals surface area contributed by atoms with Gasteiger partial charge in [0.25, 0.3) is 15.7 Å². The second-order valence-corrected chi connectivity index (χ2v) is 9.44. The van der Waals surface area contributed by atoms with Crippen LogP contribution in [0, 0.1) is 23.0 Å². The standard InChI is InChI=1S/C17H19N3O5S2/c1-12-14(6-2-7-15(12)20(22)23)18-17(21)13-5-3-9-19(11-13)27(24,25)16-8-4-10-26-16/h2,4,6-8,10,13H,3,5,9,11H2,1H3,(H,18,21)/t13-/m1/s1. The highest BCUT2D eigenvalue weighted by Gasteiger charge is 2.34. The second-order valence-electron chi connectivity index (χ2n) is 6.33. The number of carbonyl (C=O) groups is 1. The van der Waals surface area contributed by atoms with E-state index in [4.69, 9.17) is 0 Å². The Kier molecular flexibility index (Phi) is 5.59. The number of rotatable bonds is 5. The number of thiophene rings is 1. The first kappa shape index (κ1) is 19.5. The molecule has 2 aromatic rings. The van der Waals surface area contributed by atoms with Gasteiger partial charge in [-0.2, -0.15) is 4.31 Å². The minimum absolute atomic E-state index is 0.0710. The molecule has 0 aliphatic carbocycles. The molecule has 0 saturated carbocycles. The van der Waals surface area contributed by atoms with Gasteiger partial charge in [0.2, 0.25) is 5.91 Å². The lowest BCUT2D eigenvalue weighted by Crippen LogP contribution is -2.43. The number of nitrogens with zero attached hydrogens (tertiary/aromatic N) is 2. The van der Waals surface area contributed by atoms with Crippen LogP contribution in [0.5, 0.6) is 0 Å². The maximum atomic E-state index is 12.7. The number of piperidine rings is 1. The summed E-state index contributed by atoms with van der Waals surface area (Å²) in [5.74, 6) is -0.836. The van der Waals surface area contributed by atoms with Gasteiger partial charge in [0.1, 0.15) is 4.21 Å². The van der Waals surface area contributed by atoms with Gasteiger partial charge in [0.15, 0.2) is 0 Å². The summed E-state index contributed by atoms with van der Waals surface area (Å²) in [6.45, 7) is 2.04. The molecule has 8 nitrogen and oxygen atoms in total. The Labute approximate surface area is 161 Å². The maximum absolute atomic E-state index is 12.7. The quantitative estimate of drug-likeness (QED) is 0.603. The summed E-state index contributed by atoms with van der Waals surface area (Å²) in [7, 11) is -3.60. The monoisotopic (exact) mass is 409 g/mol. The highest BCUT2D eigenvalue weighted by Crippen LogP contribution is 2.29. The zero-order valence-corrected chi connectivity index (χ0v) is 16.3. The maximum Gasteiger partial charge on any atom is 0.274 e. The van der Waals surface area contributed by atoms with Gasteiger partial charge in [-0.1, -0.05) is 12.1 Å². The van der Waals surface area contributed by atoms with Gasteiger partial charge in [-0.15, -0.1) is 11.3 Å². The third-order valence-corrected chi connectivity index (χ3v) is 7.84.